The highest BCUT2D eigenvalue weighted by Gasteiger charge is 2.05. The Labute approximate surface area is 74.4 Å². The molecule has 0 radical (unpaired) electrons. The van der Waals surface area contributed by atoms with Gasteiger partial charge in [0.1, 0.15) is 11.4 Å². The van der Waals surface area contributed by atoms with Crippen molar-refractivity contribution >= 4 is 0 Å². The highest BCUT2D eigenvalue weighted by Crippen LogP contribution is 2.18. The van der Waals surface area contributed by atoms with Gasteiger partial charge in [-0.1, -0.05) is 0 Å². The molecule has 66 valence electrons. The van der Waals surface area contributed by atoms with Crippen molar-refractivity contribution in [3.05, 3.63) is 24.7 Å². The molecular weight excluding hydrogens is 170 g/mol. The number of nitrogens with zero attached hydrogens (tertiary/aromatic N) is 3. The molecule has 0 unspecified atom stereocenters. The van der Waals surface area contributed by atoms with Gasteiger partial charge < -0.3 is 9.15 Å². The number of ether oxygens (including phenoxy) is 1. The lowest BCUT2D eigenvalue weighted by Gasteiger charge is -1.98. The predicted molar refractivity (Wildman–Crippen MR) is 44.1 cm³/mol. The van der Waals surface area contributed by atoms with Crippen LogP contribution in [0.3, 0.4) is 0 Å². The highest BCUT2D eigenvalue weighted by atomic mass is 16.5. The molecule has 0 aliphatic carbocycles. The normalized spacial score (nSPS) is 9.92. The first kappa shape index (κ1) is 7.72. The molecule has 5 heteroatoms. The molecule has 2 aromatic heterocycles. The van der Waals surface area contributed by atoms with E-state index in [1.165, 1.54) is 6.39 Å². The van der Waals surface area contributed by atoms with Crippen LogP contribution in [-0.2, 0) is 0 Å². The van der Waals surface area contributed by atoms with E-state index >= 15 is 0 Å². The fourth-order valence-corrected chi connectivity index (χ4v) is 0.940. The fourth-order valence-electron chi connectivity index (χ4n) is 0.940. The molecule has 0 spiro atoms. The number of hydrogen-bond acceptors (Lipinski definition) is 5. The van der Waals surface area contributed by atoms with Crippen molar-refractivity contribution in [2.45, 2.75) is 0 Å². The van der Waals surface area contributed by atoms with E-state index in [-0.39, 0.29) is 0 Å². The average Bonchev–Trinajstić information content (AvgIpc) is 2.71. The van der Waals surface area contributed by atoms with Crippen molar-refractivity contribution in [3.63, 3.8) is 0 Å². The monoisotopic (exact) mass is 177 g/mol. The Kier molecular flexibility index (Phi) is 1.91. The van der Waals surface area contributed by atoms with Crippen LogP contribution >= 0.6 is 0 Å². The Bertz CT molecular complexity index is 386. The summed E-state index contributed by atoms with van der Waals surface area (Å²) in [5.41, 5.74) is 0.608. The summed E-state index contributed by atoms with van der Waals surface area (Å²) < 4.78 is 10.0. The summed E-state index contributed by atoms with van der Waals surface area (Å²) in [5.74, 6) is 1.10. The zero-order chi connectivity index (χ0) is 9.10. The lowest BCUT2D eigenvalue weighted by molar-refractivity contribution is 0.414. The topological polar surface area (TPSA) is 61.0 Å². The second kappa shape index (κ2) is 3.22. The van der Waals surface area contributed by atoms with Gasteiger partial charge in [-0.05, 0) is 6.07 Å². The van der Waals surface area contributed by atoms with E-state index in [0.717, 1.165) is 0 Å². The standard InChI is InChI=1S/C8H7N3O2/c1-12-6-2-3-9-7(4-6)8-11-10-5-13-8/h2-5H,1H3. The third-order valence-electron chi connectivity index (χ3n) is 1.55. The van der Waals surface area contributed by atoms with Crippen molar-refractivity contribution in [3.8, 4) is 17.3 Å². The van der Waals surface area contributed by atoms with Crippen molar-refractivity contribution in [2.75, 3.05) is 7.11 Å². The van der Waals surface area contributed by atoms with Gasteiger partial charge in [0.05, 0.1) is 7.11 Å². The lowest BCUT2D eigenvalue weighted by atomic mass is 10.3. The highest BCUT2D eigenvalue weighted by molar-refractivity contribution is 5.48. The summed E-state index contributed by atoms with van der Waals surface area (Å²) in [6.07, 6.45) is 2.88. The van der Waals surface area contributed by atoms with Crippen LogP contribution < -0.4 is 4.74 Å². The summed E-state index contributed by atoms with van der Waals surface area (Å²) in [5, 5.41) is 7.28. The molecule has 0 fully saturated rings. The van der Waals surface area contributed by atoms with E-state index in [2.05, 4.69) is 15.2 Å². The molecule has 13 heavy (non-hydrogen) atoms. The summed E-state index contributed by atoms with van der Waals surface area (Å²) in [4.78, 5) is 4.05. The minimum Gasteiger partial charge on any atom is -0.497 e. The molecule has 2 heterocycles. The largest absolute Gasteiger partial charge is 0.497 e. The third kappa shape index (κ3) is 1.48. The zero-order valence-electron chi connectivity index (χ0n) is 6.97. The SMILES string of the molecule is COc1ccnc(-c2nnco2)c1. The zero-order valence-corrected chi connectivity index (χ0v) is 6.97. The van der Waals surface area contributed by atoms with Gasteiger partial charge in [-0.15, -0.1) is 10.2 Å². The maximum Gasteiger partial charge on any atom is 0.266 e. The molecular formula is C8H7N3O2. The number of methoxy groups -OCH3 is 1. The fraction of sp³-hybridized carbons (Fsp3) is 0.125. The Balaban J connectivity index is 2.41. The van der Waals surface area contributed by atoms with Gasteiger partial charge in [0.25, 0.3) is 5.89 Å². The van der Waals surface area contributed by atoms with E-state index in [1.807, 2.05) is 0 Å². The van der Waals surface area contributed by atoms with Crippen LogP contribution in [0, 0.1) is 0 Å². The maximum absolute atomic E-state index is 5.02. The van der Waals surface area contributed by atoms with Gasteiger partial charge in [-0.2, -0.15) is 0 Å². The van der Waals surface area contributed by atoms with E-state index < -0.39 is 0 Å². The molecule has 5 nitrogen and oxygen atoms in total. The van der Waals surface area contributed by atoms with E-state index in [0.29, 0.717) is 17.3 Å². The average molecular weight is 177 g/mol. The van der Waals surface area contributed by atoms with Crippen molar-refractivity contribution in [2.24, 2.45) is 0 Å². The second-order valence-corrected chi connectivity index (χ2v) is 2.32. The number of hydrogen-bond donors (Lipinski definition) is 0. The molecule has 0 aliphatic rings. The Morgan fingerprint density at radius 2 is 2.38 bits per heavy atom. The molecule has 0 amide bonds. The lowest BCUT2D eigenvalue weighted by Crippen LogP contribution is -1.87. The minimum atomic E-state index is 0.388. The molecule has 0 aromatic carbocycles. The smallest absolute Gasteiger partial charge is 0.266 e. The summed E-state index contributed by atoms with van der Waals surface area (Å²) in [6.45, 7) is 0. The first-order valence-electron chi connectivity index (χ1n) is 3.67. The van der Waals surface area contributed by atoms with Crippen LogP contribution in [0.5, 0.6) is 5.75 Å². The van der Waals surface area contributed by atoms with Gasteiger partial charge in [0.2, 0.25) is 6.39 Å². The minimum absolute atomic E-state index is 0.388. The van der Waals surface area contributed by atoms with Gasteiger partial charge in [-0.3, -0.25) is 4.98 Å². The van der Waals surface area contributed by atoms with Gasteiger partial charge in [0, 0.05) is 12.3 Å². The Morgan fingerprint density at radius 3 is 3.08 bits per heavy atom. The van der Waals surface area contributed by atoms with Gasteiger partial charge in [0.15, 0.2) is 0 Å². The quantitative estimate of drug-likeness (QED) is 0.688. The van der Waals surface area contributed by atoms with Crippen LogP contribution in [0.2, 0.25) is 0 Å². The first-order chi connectivity index (χ1) is 6.40. The first-order valence-corrected chi connectivity index (χ1v) is 3.67. The third-order valence-corrected chi connectivity index (χ3v) is 1.55. The summed E-state index contributed by atoms with van der Waals surface area (Å²) in [6, 6.07) is 3.48. The molecule has 0 N–H and O–H groups in total. The molecule has 2 rings (SSSR count). The van der Waals surface area contributed by atoms with Crippen LogP contribution in [0.4, 0.5) is 0 Å². The summed E-state index contributed by atoms with van der Waals surface area (Å²) >= 11 is 0. The maximum atomic E-state index is 5.02. The Morgan fingerprint density at radius 1 is 1.46 bits per heavy atom. The molecule has 0 saturated carbocycles. The molecule has 0 saturated heterocycles. The molecule has 0 aliphatic heterocycles. The van der Waals surface area contributed by atoms with Crippen LogP contribution in [0.1, 0.15) is 0 Å². The van der Waals surface area contributed by atoms with Gasteiger partial charge in [-0.25, -0.2) is 0 Å². The van der Waals surface area contributed by atoms with Crippen LogP contribution in [-0.4, -0.2) is 22.3 Å². The second-order valence-electron chi connectivity index (χ2n) is 2.32. The van der Waals surface area contributed by atoms with Crippen molar-refractivity contribution in [1.29, 1.82) is 0 Å². The summed E-state index contributed by atoms with van der Waals surface area (Å²) in [7, 11) is 1.59. The van der Waals surface area contributed by atoms with Gasteiger partial charge >= 0.3 is 0 Å². The van der Waals surface area contributed by atoms with E-state index in [1.54, 1.807) is 25.4 Å². The predicted octanol–water partition coefficient (Wildman–Crippen LogP) is 1.14. The number of aromatic nitrogens is 3. The molecule has 2 aromatic rings. The van der Waals surface area contributed by atoms with E-state index in [9.17, 15) is 0 Å². The Hall–Kier alpha value is -1.91. The molecule has 0 bridgehead atoms. The number of rotatable bonds is 2. The molecule has 0 atom stereocenters. The number of pyridine rings is 1. The van der Waals surface area contributed by atoms with E-state index in [4.69, 9.17) is 9.15 Å². The van der Waals surface area contributed by atoms with Crippen LogP contribution in [0.25, 0.3) is 11.6 Å². The van der Waals surface area contributed by atoms with Crippen molar-refractivity contribution < 1.29 is 9.15 Å². The van der Waals surface area contributed by atoms with Crippen LogP contribution in [0.15, 0.2) is 29.1 Å². The van der Waals surface area contributed by atoms with Crippen molar-refractivity contribution in [1.82, 2.24) is 15.2 Å².